The molecule has 5 nitrogen and oxygen atoms in total. The van der Waals surface area contributed by atoms with Gasteiger partial charge >= 0.3 is 0 Å². The summed E-state index contributed by atoms with van der Waals surface area (Å²) in [6.07, 6.45) is 1.90. The highest BCUT2D eigenvalue weighted by Crippen LogP contribution is 2.28. The first kappa shape index (κ1) is 18.6. The Morgan fingerprint density at radius 2 is 1.66 bits per heavy atom. The van der Waals surface area contributed by atoms with Gasteiger partial charge in [-0.3, -0.25) is 4.79 Å². The van der Waals surface area contributed by atoms with Gasteiger partial charge in [0.1, 0.15) is 24.7 Å². The SMILES string of the molecule is COc1ccccc1NC(=O)Cn1ccc2c(OCc3ccccc3)cccc21. The van der Waals surface area contributed by atoms with Crippen LogP contribution < -0.4 is 14.8 Å². The van der Waals surface area contributed by atoms with Crippen LogP contribution in [0.4, 0.5) is 5.69 Å². The lowest BCUT2D eigenvalue weighted by molar-refractivity contribution is -0.116. The van der Waals surface area contributed by atoms with Gasteiger partial charge in [0.05, 0.1) is 18.3 Å². The van der Waals surface area contributed by atoms with Crippen LogP contribution in [0.2, 0.25) is 0 Å². The van der Waals surface area contributed by atoms with Crippen LogP contribution in [0.5, 0.6) is 11.5 Å². The topological polar surface area (TPSA) is 52.5 Å². The maximum atomic E-state index is 12.6. The van der Waals surface area contributed by atoms with Crippen molar-refractivity contribution in [3.63, 3.8) is 0 Å². The lowest BCUT2D eigenvalue weighted by Crippen LogP contribution is -2.18. The van der Waals surface area contributed by atoms with Crippen LogP contribution in [0.25, 0.3) is 10.9 Å². The molecule has 1 heterocycles. The largest absolute Gasteiger partial charge is 0.495 e. The van der Waals surface area contributed by atoms with E-state index in [1.165, 1.54) is 0 Å². The summed E-state index contributed by atoms with van der Waals surface area (Å²) in [5.41, 5.74) is 2.72. The van der Waals surface area contributed by atoms with Crippen LogP contribution in [0.1, 0.15) is 5.56 Å². The molecule has 0 radical (unpaired) electrons. The number of ether oxygens (including phenoxy) is 2. The average Bonchev–Trinajstić information content (AvgIpc) is 3.16. The lowest BCUT2D eigenvalue weighted by Gasteiger charge is -2.11. The first-order chi connectivity index (χ1) is 14.2. The minimum absolute atomic E-state index is 0.123. The molecule has 1 aromatic heterocycles. The van der Waals surface area contributed by atoms with Crippen molar-refractivity contribution in [3.8, 4) is 11.5 Å². The fourth-order valence-corrected chi connectivity index (χ4v) is 3.29. The summed E-state index contributed by atoms with van der Waals surface area (Å²) in [5.74, 6) is 1.31. The zero-order valence-electron chi connectivity index (χ0n) is 16.2. The van der Waals surface area contributed by atoms with Crippen molar-refractivity contribution in [2.75, 3.05) is 12.4 Å². The fraction of sp³-hybridized carbons (Fsp3) is 0.125. The quantitative estimate of drug-likeness (QED) is 0.493. The number of methoxy groups -OCH3 is 1. The van der Waals surface area contributed by atoms with Gasteiger partial charge in [0.15, 0.2) is 0 Å². The van der Waals surface area contributed by atoms with Crippen molar-refractivity contribution in [2.45, 2.75) is 13.2 Å². The first-order valence-electron chi connectivity index (χ1n) is 9.42. The monoisotopic (exact) mass is 386 g/mol. The maximum Gasteiger partial charge on any atom is 0.244 e. The van der Waals surface area contributed by atoms with Gasteiger partial charge in [0, 0.05) is 11.6 Å². The third kappa shape index (κ3) is 4.24. The van der Waals surface area contributed by atoms with E-state index in [2.05, 4.69) is 5.32 Å². The van der Waals surface area contributed by atoms with E-state index in [0.717, 1.165) is 22.2 Å². The molecule has 0 aliphatic carbocycles. The highest BCUT2D eigenvalue weighted by atomic mass is 16.5. The van der Waals surface area contributed by atoms with E-state index in [4.69, 9.17) is 9.47 Å². The van der Waals surface area contributed by atoms with Gasteiger partial charge in [-0.2, -0.15) is 0 Å². The van der Waals surface area contributed by atoms with Gasteiger partial charge in [-0.1, -0.05) is 48.5 Å². The third-order valence-electron chi connectivity index (χ3n) is 4.71. The molecule has 0 saturated carbocycles. The summed E-state index contributed by atoms with van der Waals surface area (Å²) in [4.78, 5) is 12.6. The molecule has 5 heteroatoms. The van der Waals surface area contributed by atoms with E-state index < -0.39 is 0 Å². The molecule has 0 aliphatic heterocycles. The average molecular weight is 386 g/mol. The lowest BCUT2D eigenvalue weighted by atomic mass is 10.2. The maximum absolute atomic E-state index is 12.6. The number of hydrogen-bond acceptors (Lipinski definition) is 3. The molecule has 0 aliphatic rings. The van der Waals surface area contributed by atoms with Crippen molar-refractivity contribution >= 4 is 22.5 Å². The smallest absolute Gasteiger partial charge is 0.244 e. The molecule has 0 unspecified atom stereocenters. The Labute approximate surface area is 169 Å². The van der Waals surface area contributed by atoms with Crippen LogP contribution in [-0.2, 0) is 17.9 Å². The summed E-state index contributed by atoms with van der Waals surface area (Å²) in [7, 11) is 1.58. The summed E-state index contributed by atoms with van der Waals surface area (Å²) in [6.45, 7) is 0.698. The number of benzene rings is 3. The molecule has 3 aromatic carbocycles. The standard InChI is InChI=1S/C24H22N2O3/c1-28-23-12-6-5-10-20(23)25-24(27)16-26-15-14-19-21(26)11-7-13-22(19)29-17-18-8-3-2-4-9-18/h2-15H,16-17H2,1H3,(H,25,27). The second-order valence-electron chi connectivity index (χ2n) is 6.66. The van der Waals surface area contributed by atoms with Gasteiger partial charge in [0.25, 0.3) is 0 Å². The second kappa shape index (κ2) is 8.52. The number of nitrogens with one attached hydrogen (secondary N) is 1. The summed E-state index contributed by atoms with van der Waals surface area (Å²) < 4.78 is 13.2. The molecular weight excluding hydrogens is 364 g/mol. The Balaban J connectivity index is 1.49. The molecule has 29 heavy (non-hydrogen) atoms. The molecular formula is C24H22N2O3. The zero-order valence-corrected chi connectivity index (χ0v) is 16.2. The van der Waals surface area contributed by atoms with Crippen LogP contribution in [0.15, 0.2) is 85.1 Å². The second-order valence-corrected chi connectivity index (χ2v) is 6.66. The minimum Gasteiger partial charge on any atom is -0.495 e. The molecule has 1 N–H and O–H groups in total. The Morgan fingerprint density at radius 3 is 2.48 bits per heavy atom. The number of carbonyl (C=O) groups is 1. The summed E-state index contributed by atoms with van der Waals surface area (Å²) in [5, 5.41) is 3.89. The Kier molecular flexibility index (Phi) is 5.47. The zero-order chi connectivity index (χ0) is 20.1. The van der Waals surface area contributed by atoms with Crippen LogP contribution in [-0.4, -0.2) is 17.6 Å². The third-order valence-corrected chi connectivity index (χ3v) is 4.71. The van der Waals surface area contributed by atoms with Crippen molar-refractivity contribution in [1.82, 2.24) is 4.57 Å². The predicted molar refractivity (Wildman–Crippen MR) is 114 cm³/mol. The molecule has 146 valence electrons. The Morgan fingerprint density at radius 1 is 0.897 bits per heavy atom. The number of aromatic nitrogens is 1. The summed E-state index contributed by atoms with van der Waals surface area (Å²) >= 11 is 0. The molecule has 0 spiro atoms. The predicted octanol–water partition coefficient (Wildman–Crippen LogP) is 4.87. The van der Waals surface area contributed by atoms with E-state index in [9.17, 15) is 4.79 Å². The van der Waals surface area contributed by atoms with Crippen molar-refractivity contribution in [1.29, 1.82) is 0 Å². The Bertz CT molecular complexity index is 1120. The normalized spacial score (nSPS) is 10.7. The van der Waals surface area contributed by atoms with E-state index in [1.807, 2.05) is 89.6 Å². The number of rotatable bonds is 7. The number of anilines is 1. The van der Waals surface area contributed by atoms with Crippen LogP contribution in [0, 0.1) is 0 Å². The van der Waals surface area contributed by atoms with Gasteiger partial charge in [-0.25, -0.2) is 0 Å². The van der Waals surface area contributed by atoms with E-state index >= 15 is 0 Å². The number of hydrogen-bond donors (Lipinski definition) is 1. The number of para-hydroxylation sites is 2. The molecule has 0 bridgehead atoms. The van der Waals surface area contributed by atoms with Crippen LogP contribution in [0.3, 0.4) is 0 Å². The molecule has 0 saturated heterocycles. The van der Waals surface area contributed by atoms with Gasteiger partial charge in [-0.05, 0) is 35.9 Å². The molecule has 4 aromatic rings. The first-order valence-corrected chi connectivity index (χ1v) is 9.42. The highest BCUT2D eigenvalue weighted by Gasteiger charge is 2.11. The molecule has 0 fully saturated rings. The number of amides is 1. The number of nitrogens with zero attached hydrogens (tertiary/aromatic N) is 1. The van der Waals surface area contributed by atoms with E-state index in [1.54, 1.807) is 7.11 Å². The van der Waals surface area contributed by atoms with Gasteiger partial charge in [-0.15, -0.1) is 0 Å². The van der Waals surface area contributed by atoms with E-state index in [-0.39, 0.29) is 12.5 Å². The highest BCUT2D eigenvalue weighted by molar-refractivity contribution is 5.94. The Hall–Kier alpha value is -3.73. The fourth-order valence-electron chi connectivity index (χ4n) is 3.29. The molecule has 0 atom stereocenters. The summed E-state index contributed by atoms with van der Waals surface area (Å²) in [6, 6.07) is 25.3. The molecule has 4 rings (SSSR count). The van der Waals surface area contributed by atoms with Crippen molar-refractivity contribution in [2.24, 2.45) is 0 Å². The van der Waals surface area contributed by atoms with Crippen molar-refractivity contribution in [3.05, 3.63) is 90.6 Å². The molecule has 1 amide bonds. The van der Waals surface area contributed by atoms with Crippen LogP contribution >= 0.6 is 0 Å². The number of carbonyl (C=O) groups excluding carboxylic acids is 1. The van der Waals surface area contributed by atoms with Gasteiger partial charge in [0.2, 0.25) is 5.91 Å². The number of fused-ring (bicyclic) bond motifs is 1. The van der Waals surface area contributed by atoms with E-state index in [0.29, 0.717) is 18.0 Å². The minimum atomic E-state index is -0.123. The van der Waals surface area contributed by atoms with Crippen molar-refractivity contribution < 1.29 is 14.3 Å². The van der Waals surface area contributed by atoms with Gasteiger partial charge < -0.3 is 19.4 Å².